The third-order valence-corrected chi connectivity index (χ3v) is 6.43. The van der Waals surface area contributed by atoms with Crippen LogP contribution < -0.4 is 16.0 Å². The van der Waals surface area contributed by atoms with Crippen LogP contribution in [0.25, 0.3) is 11.1 Å². The highest BCUT2D eigenvalue weighted by atomic mass is 16.5. The third-order valence-electron chi connectivity index (χ3n) is 6.43. The van der Waals surface area contributed by atoms with E-state index in [1.165, 1.54) is 0 Å². The molecule has 1 fully saturated rings. The van der Waals surface area contributed by atoms with E-state index in [0.717, 1.165) is 49.4 Å². The van der Waals surface area contributed by atoms with Crippen molar-refractivity contribution in [3.05, 3.63) is 77.7 Å². The molecule has 1 aliphatic rings. The summed E-state index contributed by atoms with van der Waals surface area (Å²) in [6.07, 6.45) is 1.59. The molecule has 2 aromatic carbocycles. The molecule has 11 heteroatoms. The Hall–Kier alpha value is -4.48. The van der Waals surface area contributed by atoms with Crippen molar-refractivity contribution in [1.29, 1.82) is 0 Å². The molecule has 0 atom stereocenters. The van der Waals surface area contributed by atoms with E-state index in [2.05, 4.69) is 48.2 Å². The SMILES string of the molecule is Cc1cc(NC(=O)Nc2ccc(-c3cc(C(=O)Nc4ccn[nH]4)ccc3CN3CCN(C)CC3)cc2)no1. The van der Waals surface area contributed by atoms with Crippen molar-refractivity contribution >= 4 is 29.3 Å². The second-order valence-electron chi connectivity index (χ2n) is 9.36. The lowest BCUT2D eigenvalue weighted by atomic mass is 9.96. The Balaban J connectivity index is 1.35. The van der Waals surface area contributed by atoms with Gasteiger partial charge in [0.15, 0.2) is 5.82 Å². The molecule has 0 aliphatic carbocycles. The summed E-state index contributed by atoms with van der Waals surface area (Å²) >= 11 is 0. The topological polar surface area (TPSA) is 131 Å². The van der Waals surface area contributed by atoms with Crippen molar-refractivity contribution in [2.45, 2.75) is 13.5 Å². The zero-order valence-corrected chi connectivity index (χ0v) is 21.3. The largest absolute Gasteiger partial charge is 0.360 e. The number of hydrogen-bond donors (Lipinski definition) is 4. The minimum atomic E-state index is -0.417. The Bertz CT molecular complexity index is 1390. The first-order valence-corrected chi connectivity index (χ1v) is 12.4. The number of urea groups is 1. The van der Waals surface area contributed by atoms with Gasteiger partial charge in [0.1, 0.15) is 11.6 Å². The van der Waals surface area contributed by atoms with Crippen LogP contribution in [-0.2, 0) is 6.54 Å². The maximum atomic E-state index is 12.9. The van der Waals surface area contributed by atoms with Gasteiger partial charge < -0.3 is 20.1 Å². The molecule has 0 spiro atoms. The molecule has 196 valence electrons. The molecule has 0 saturated carbocycles. The second kappa shape index (κ2) is 11.3. The van der Waals surface area contributed by atoms with Gasteiger partial charge in [0.05, 0.1) is 6.20 Å². The molecule has 38 heavy (non-hydrogen) atoms. The monoisotopic (exact) mass is 514 g/mol. The zero-order valence-electron chi connectivity index (χ0n) is 21.3. The average molecular weight is 515 g/mol. The molecular formula is C27H30N8O3. The molecule has 0 radical (unpaired) electrons. The van der Waals surface area contributed by atoms with Crippen LogP contribution in [-0.4, -0.2) is 70.3 Å². The Kier molecular flexibility index (Phi) is 7.47. The number of anilines is 3. The third kappa shape index (κ3) is 6.25. The lowest BCUT2D eigenvalue weighted by molar-refractivity contribution is 0.102. The Morgan fingerprint density at radius 1 is 0.974 bits per heavy atom. The molecule has 1 aliphatic heterocycles. The van der Waals surface area contributed by atoms with Gasteiger partial charge in [-0.1, -0.05) is 23.4 Å². The van der Waals surface area contributed by atoms with Crippen LogP contribution in [0.5, 0.6) is 0 Å². The van der Waals surface area contributed by atoms with Gasteiger partial charge in [0.2, 0.25) is 0 Å². The number of likely N-dealkylation sites (N-methyl/N-ethyl adjacent to an activating group) is 1. The fourth-order valence-electron chi connectivity index (χ4n) is 4.33. The second-order valence-corrected chi connectivity index (χ2v) is 9.36. The van der Waals surface area contributed by atoms with Crippen LogP contribution in [0, 0.1) is 6.92 Å². The van der Waals surface area contributed by atoms with Crippen LogP contribution in [0.15, 0.2) is 65.3 Å². The van der Waals surface area contributed by atoms with E-state index in [4.69, 9.17) is 4.52 Å². The van der Waals surface area contributed by atoms with Crippen molar-refractivity contribution in [1.82, 2.24) is 25.2 Å². The molecule has 4 N–H and O–H groups in total. The van der Waals surface area contributed by atoms with Gasteiger partial charge >= 0.3 is 6.03 Å². The van der Waals surface area contributed by atoms with E-state index in [9.17, 15) is 9.59 Å². The summed E-state index contributed by atoms with van der Waals surface area (Å²) in [5, 5.41) is 18.7. The molecule has 4 aromatic rings. The van der Waals surface area contributed by atoms with Gasteiger partial charge in [-0.25, -0.2) is 4.79 Å². The number of aromatic nitrogens is 3. The molecule has 0 bridgehead atoms. The molecule has 5 rings (SSSR count). The van der Waals surface area contributed by atoms with Gasteiger partial charge in [0.25, 0.3) is 5.91 Å². The molecule has 3 amide bonds. The van der Waals surface area contributed by atoms with Crippen molar-refractivity contribution in [3.8, 4) is 11.1 Å². The van der Waals surface area contributed by atoms with E-state index in [0.29, 0.717) is 28.6 Å². The number of aryl methyl sites for hydroxylation is 1. The van der Waals surface area contributed by atoms with E-state index in [-0.39, 0.29) is 5.91 Å². The number of carbonyl (C=O) groups is 2. The molecule has 1 saturated heterocycles. The van der Waals surface area contributed by atoms with Gasteiger partial charge in [-0.05, 0) is 54.9 Å². The van der Waals surface area contributed by atoms with E-state index < -0.39 is 6.03 Å². The lowest BCUT2D eigenvalue weighted by Gasteiger charge is -2.32. The number of rotatable bonds is 7. The number of carbonyl (C=O) groups excluding carboxylic acids is 2. The van der Waals surface area contributed by atoms with Crippen LogP contribution in [0.3, 0.4) is 0 Å². The molecule has 2 aromatic heterocycles. The summed E-state index contributed by atoms with van der Waals surface area (Å²) in [4.78, 5) is 30.0. The number of piperazine rings is 1. The van der Waals surface area contributed by atoms with E-state index in [1.807, 2.05) is 42.5 Å². The first kappa shape index (κ1) is 25.2. The summed E-state index contributed by atoms with van der Waals surface area (Å²) in [6.45, 7) is 6.56. The van der Waals surface area contributed by atoms with Crippen molar-refractivity contribution in [2.75, 3.05) is 49.2 Å². The van der Waals surface area contributed by atoms with Crippen LogP contribution in [0.4, 0.5) is 22.1 Å². The minimum Gasteiger partial charge on any atom is -0.360 e. The fourth-order valence-corrected chi connectivity index (χ4v) is 4.33. The highest BCUT2D eigenvalue weighted by Crippen LogP contribution is 2.28. The number of H-pyrrole nitrogens is 1. The van der Waals surface area contributed by atoms with Gasteiger partial charge in [-0.3, -0.25) is 20.1 Å². The predicted molar refractivity (Wildman–Crippen MR) is 145 cm³/mol. The van der Waals surface area contributed by atoms with Crippen LogP contribution in [0.2, 0.25) is 0 Å². The van der Waals surface area contributed by atoms with Crippen molar-refractivity contribution in [3.63, 3.8) is 0 Å². The number of hydrogen-bond acceptors (Lipinski definition) is 7. The standard InChI is InChI=1S/C27H30N8O3/c1-18-15-25(33-38-18)31-27(37)29-22-7-5-19(6-8-22)23-16-20(26(36)30-24-9-10-28-32-24)3-4-21(23)17-35-13-11-34(2)12-14-35/h3-10,15-16H,11-14,17H2,1-2H3,(H2,28,30,32,36)(H2,29,31,33,37). The Morgan fingerprint density at radius 2 is 1.76 bits per heavy atom. The summed E-state index contributed by atoms with van der Waals surface area (Å²) in [7, 11) is 2.14. The van der Waals surface area contributed by atoms with Crippen LogP contribution >= 0.6 is 0 Å². The number of amides is 3. The molecule has 3 heterocycles. The Labute approximate surface area is 220 Å². The zero-order chi connectivity index (χ0) is 26.5. The summed E-state index contributed by atoms with van der Waals surface area (Å²) in [5.74, 6) is 1.26. The summed E-state index contributed by atoms with van der Waals surface area (Å²) in [5.41, 5.74) is 4.22. The summed E-state index contributed by atoms with van der Waals surface area (Å²) < 4.78 is 4.98. The maximum Gasteiger partial charge on any atom is 0.324 e. The first-order valence-electron chi connectivity index (χ1n) is 12.4. The highest BCUT2D eigenvalue weighted by Gasteiger charge is 2.18. The van der Waals surface area contributed by atoms with Gasteiger partial charge in [-0.15, -0.1) is 0 Å². The molecular weight excluding hydrogens is 484 g/mol. The average Bonchev–Trinajstić information content (AvgIpc) is 3.57. The normalized spacial score (nSPS) is 14.3. The maximum absolute atomic E-state index is 12.9. The number of aromatic amines is 1. The van der Waals surface area contributed by atoms with E-state index >= 15 is 0 Å². The quantitative estimate of drug-likeness (QED) is 0.293. The van der Waals surface area contributed by atoms with Crippen LogP contribution in [0.1, 0.15) is 21.7 Å². The fraction of sp³-hybridized carbons (Fsp3) is 0.259. The van der Waals surface area contributed by atoms with E-state index in [1.54, 1.807) is 25.3 Å². The smallest absolute Gasteiger partial charge is 0.324 e. The highest BCUT2D eigenvalue weighted by molar-refractivity contribution is 6.04. The number of benzene rings is 2. The lowest BCUT2D eigenvalue weighted by Crippen LogP contribution is -2.43. The number of nitrogens with zero attached hydrogens (tertiary/aromatic N) is 4. The molecule has 11 nitrogen and oxygen atoms in total. The minimum absolute atomic E-state index is 0.223. The Morgan fingerprint density at radius 3 is 2.45 bits per heavy atom. The van der Waals surface area contributed by atoms with Crippen molar-refractivity contribution in [2.24, 2.45) is 0 Å². The van der Waals surface area contributed by atoms with Crippen molar-refractivity contribution < 1.29 is 14.1 Å². The predicted octanol–water partition coefficient (Wildman–Crippen LogP) is 4.02. The van der Waals surface area contributed by atoms with Gasteiger partial charge in [-0.2, -0.15) is 5.10 Å². The number of nitrogens with one attached hydrogen (secondary N) is 4. The van der Waals surface area contributed by atoms with Gasteiger partial charge in [0, 0.05) is 56.1 Å². The first-order chi connectivity index (χ1) is 18.4. The summed E-state index contributed by atoms with van der Waals surface area (Å²) in [6, 6.07) is 16.3. The molecule has 0 unspecified atom stereocenters.